The van der Waals surface area contributed by atoms with Crippen molar-refractivity contribution in [3.05, 3.63) is 10.6 Å². The summed E-state index contributed by atoms with van der Waals surface area (Å²) in [5.41, 5.74) is 0. The SMILES string of the molecule is CCCC(C[N-]C(C)C)[N-]C(C)C.[Ni+2]. The van der Waals surface area contributed by atoms with E-state index in [1.807, 2.05) is 0 Å². The van der Waals surface area contributed by atoms with Crippen LogP contribution in [0.1, 0.15) is 47.5 Å². The quantitative estimate of drug-likeness (QED) is 0.609. The Morgan fingerprint density at radius 3 is 1.93 bits per heavy atom. The molecule has 0 aromatic heterocycles. The molecule has 0 saturated heterocycles. The summed E-state index contributed by atoms with van der Waals surface area (Å²) in [6.45, 7) is 11.6. The molecular weight excluding hydrogens is 219 g/mol. The largest absolute Gasteiger partial charge is 2.00 e. The first-order valence-corrected chi connectivity index (χ1v) is 5.42. The molecule has 0 bridgehead atoms. The van der Waals surface area contributed by atoms with Gasteiger partial charge in [0.2, 0.25) is 0 Å². The number of hydrogen-bond acceptors (Lipinski definition) is 0. The third-order valence-electron chi connectivity index (χ3n) is 1.81. The van der Waals surface area contributed by atoms with Crippen LogP contribution in [0, 0.1) is 0 Å². The molecule has 3 heteroatoms. The van der Waals surface area contributed by atoms with Crippen molar-refractivity contribution < 1.29 is 16.5 Å². The van der Waals surface area contributed by atoms with Gasteiger partial charge in [-0.25, -0.2) is 0 Å². The van der Waals surface area contributed by atoms with Crippen LogP contribution in [0.2, 0.25) is 0 Å². The Morgan fingerprint density at radius 2 is 1.57 bits per heavy atom. The molecule has 1 atom stereocenters. The van der Waals surface area contributed by atoms with E-state index in [2.05, 4.69) is 45.3 Å². The van der Waals surface area contributed by atoms with Crippen LogP contribution in [-0.2, 0) is 16.5 Å². The van der Waals surface area contributed by atoms with E-state index in [0.29, 0.717) is 18.1 Å². The number of nitrogens with zero attached hydrogens (tertiary/aromatic N) is 2. The Morgan fingerprint density at radius 1 is 1.00 bits per heavy atom. The van der Waals surface area contributed by atoms with E-state index in [9.17, 15) is 0 Å². The molecule has 0 N–H and O–H groups in total. The van der Waals surface area contributed by atoms with Gasteiger partial charge in [-0.3, -0.25) is 0 Å². The van der Waals surface area contributed by atoms with Crippen LogP contribution in [0.5, 0.6) is 0 Å². The fourth-order valence-corrected chi connectivity index (χ4v) is 1.30. The summed E-state index contributed by atoms with van der Waals surface area (Å²) in [6, 6.07) is 1.34. The zero-order valence-electron chi connectivity index (χ0n) is 10.1. The van der Waals surface area contributed by atoms with Crippen molar-refractivity contribution in [1.29, 1.82) is 0 Å². The first-order valence-electron chi connectivity index (χ1n) is 5.42. The van der Waals surface area contributed by atoms with Crippen LogP contribution < -0.4 is 0 Å². The van der Waals surface area contributed by atoms with E-state index in [1.54, 1.807) is 0 Å². The molecule has 0 fully saturated rings. The Hall–Kier alpha value is 0.414. The molecule has 0 rings (SSSR count). The van der Waals surface area contributed by atoms with Gasteiger partial charge in [-0.1, -0.05) is 47.5 Å². The average molecular weight is 243 g/mol. The van der Waals surface area contributed by atoms with E-state index < -0.39 is 0 Å². The van der Waals surface area contributed by atoms with Crippen molar-refractivity contribution in [3.8, 4) is 0 Å². The number of hydrogen-bond donors (Lipinski definition) is 0. The third-order valence-corrected chi connectivity index (χ3v) is 1.81. The number of rotatable bonds is 7. The van der Waals surface area contributed by atoms with Gasteiger partial charge in [0, 0.05) is 0 Å². The van der Waals surface area contributed by atoms with Gasteiger partial charge in [0.15, 0.2) is 0 Å². The van der Waals surface area contributed by atoms with E-state index in [0.717, 1.165) is 6.54 Å². The van der Waals surface area contributed by atoms with Gasteiger partial charge in [0.25, 0.3) is 0 Å². The summed E-state index contributed by atoms with van der Waals surface area (Å²) in [5.74, 6) is 0. The summed E-state index contributed by atoms with van der Waals surface area (Å²) < 4.78 is 0. The monoisotopic (exact) mass is 242 g/mol. The van der Waals surface area contributed by atoms with Crippen LogP contribution >= 0.6 is 0 Å². The average Bonchev–Trinajstić information content (AvgIpc) is 1.99. The minimum absolute atomic E-state index is 0. The van der Waals surface area contributed by atoms with Gasteiger partial charge in [-0.2, -0.15) is 12.6 Å². The summed E-state index contributed by atoms with van der Waals surface area (Å²) in [6.07, 6.45) is 2.38. The van der Waals surface area contributed by atoms with Crippen LogP contribution in [0.4, 0.5) is 0 Å². The molecule has 14 heavy (non-hydrogen) atoms. The Balaban J connectivity index is 0. The molecule has 0 aliphatic rings. The fraction of sp³-hybridized carbons (Fsp3) is 1.00. The van der Waals surface area contributed by atoms with Crippen molar-refractivity contribution >= 4 is 0 Å². The van der Waals surface area contributed by atoms with Gasteiger partial charge in [0.05, 0.1) is 0 Å². The summed E-state index contributed by atoms with van der Waals surface area (Å²) in [5, 5.41) is 9.15. The van der Waals surface area contributed by atoms with E-state index in [4.69, 9.17) is 0 Å². The van der Waals surface area contributed by atoms with Gasteiger partial charge in [-0.05, 0) is 0 Å². The first kappa shape index (κ1) is 16.8. The van der Waals surface area contributed by atoms with E-state index >= 15 is 0 Å². The van der Waals surface area contributed by atoms with Crippen LogP contribution in [0.25, 0.3) is 10.6 Å². The second-order valence-corrected chi connectivity index (χ2v) is 4.14. The van der Waals surface area contributed by atoms with Crippen LogP contribution in [-0.4, -0.2) is 24.7 Å². The van der Waals surface area contributed by atoms with E-state index in [-0.39, 0.29) is 16.5 Å². The molecule has 0 saturated carbocycles. The molecule has 1 unspecified atom stereocenters. The molecule has 2 nitrogen and oxygen atoms in total. The Bertz CT molecular complexity index is 116. The predicted octanol–water partition coefficient (Wildman–Crippen LogP) is 3.72. The van der Waals surface area contributed by atoms with Crippen molar-refractivity contribution in [2.24, 2.45) is 0 Å². The molecule has 0 spiro atoms. The summed E-state index contributed by atoms with van der Waals surface area (Å²) in [4.78, 5) is 0. The van der Waals surface area contributed by atoms with Gasteiger partial charge >= 0.3 is 16.5 Å². The smallest absolute Gasteiger partial charge is 0.661 e. The third kappa shape index (κ3) is 10.5. The zero-order valence-corrected chi connectivity index (χ0v) is 11.1. The topological polar surface area (TPSA) is 28.2 Å². The maximum Gasteiger partial charge on any atom is 2.00 e. The molecule has 0 amide bonds. The molecule has 0 aromatic rings. The van der Waals surface area contributed by atoms with Gasteiger partial charge < -0.3 is 10.6 Å². The Kier molecular flexibility index (Phi) is 12.0. The standard InChI is InChI=1S/C11H24N2.Ni/c1-6-7-11(13-10(4)5)8-12-9(2)3;/h9-11H,6-8H2,1-5H3;/q-2;+2. The maximum atomic E-state index is 4.64. The van der Waals surface area contributed by atoms with Gasteiger partial charge in [-0.15, -0.1) is 12.1 Å². The minimum atomic E-state index is 0. The van der Waals surface area contributed by atoms with E-state index in [1.165, 1.54) is 12.8 Å². The van der Waals surface area contributed by atoms with Gasteiger partial charge in [0.1, 0.15) is 0 Å². The van der Waals surface area contributed by atoms with Crippen molar-refractivity contribution in [2.45, 2.75) is 65.6 Å². The molecule has 88 valence electrons. The Labute approximate surface area is 99.5 Å². The normalized spacial score (nSPS) is 13.1. The van der Waals surface area contributed by atoms with Crippen molar-refractivity contribution in [2.75, 3.05) is 6.54 Å². The molecule has 0 aliphatic carbocycles. The second-order valence-electron chi connectivity index (χ2n) is 4.14. The van der Waals surface area contributed by atoms with Crippen molar-refractivity contribution in [1.82, 2.24) is 0 Å². The molecule has 0 heterocycles. The molecular formula is C11H24N2Ni. The summed E-state index contributed by atoms with van der Waals surface area (Å²) >= 11 is 0. The fourth-order valence-electron chi connectivity index (χ4n) is 1.30. The first-order chi connectivity index (χ1) is 6.06. The second kappa shape index (κ2) is 9.95. The van der Waals surface area contributed by atoms with Crippen LogP contribution in [0.3, 0.4) is 0 Å². The molecule has 0 aliphatic heterocycles. The molecule has 0 aromatic carbocycles. The van der Waals surface area contributed by atoms with Crippen molar-refractivity contribution in [3.63, 3.8) is 0 Å². The maximum absolute atomic E-state index is 4.64. The van der Waals surface area contributed by atoms with Crippen LogP contribution in [0.15, 0.2) is 0 Å². The minimum Gasteiger partial charge on any atom is -0.661 e. The molecule has 0 radical (unpaired) electrons. The zero-order chi connectivity index (χ0) is 10.3. The summed E-state index contributed by atoms with van der Waals surface area (Å²) in [7, 11) is 0. The predicted molar refractivity (Wildman–Crippen MR) is 60.6 cm³/mol.